The van der Waals surface area contributed by atoms with Gasteiger partial charge in [-0.2, -0.15) is 0 Å². The van der Waals surface area contributed by atoms with Crippen molar-refractivity contribution in [1.29, 1.82) is 0 Å². The number of hydrogen-bond donors (Lipinski definition) is 0. The van der Waals surface area contributed by atoms with Crippen molar-refractivity contribution < 1.29 is 9.59 Å². The van der Waals surface area contributed by atoms with Crippen molar-refractivity contribution >= 4 is 29.1 Å². The van der Waals surface area contributed by atoms with Gasteiger partial charge in [0, 0.05) is 29.9 Å². The van der Waals surface area contributed by atoms with E-state index in [-0.39, 0.29) is 18.2 Å². The lowest BCUT2D eigenvalue weighted by molar-refractivity contribution is -0.129. The van der Waals surface area contributed by atoms with Crippen LogP contribution in [0.5, 0.6) is 0 Å². The fourth-order valence-corrected chi connectivity index (χ4v) is 4.01. The van der Waals surface area contributed by atoms with E-state index >= 15 is 0 Å². The van der Waals surface area contributed by atoms with Crippen LogP contribution in [0.1, 0.15) is 27.0 Å². The number of hydrogen-bond acceptors (Lipinski definition) is 2. The summed E-state index contributed by atoms with van der Waals surface area (Å²) >= 11 is 6.03. The van der Waals surface area contributed by atoms with Crippen LogP contribution in [0.4, 0.5) is 5.69 Å². The molecule has 4 aromatic rings. The molecule has 0 unspecified atom stereocenters. The molecule has 0 radical (unpaired) electrons. The van der Waals surface area contributed by atoms with Crippen LogP contribution >= 0.6 is 11.6 Å². The third kappa shape index (κ3) is 6.58. The minimum Gasteiger partial charge on any atom is -0.341 e. The number of nitrogens with zero attached hydrogens (tertiary/aromatic N) is 2. The summed E-state index contributed by atoms with van der Waals surface area (Å²) in [6.45, 7) is 0.960. The summed E-state index contributed by atoms with van der Waals surface area (Å²) in [4.78, 5) is 29.9. The molecule has 5 heteroatoms. The molecule has 4 aromatic carbocycles. The molecule has 4 nitrogen and oxygen atoms in total. The smallest absolute Gasteiger partial charge is 0.258 e. The van der Waals surface area contributed by atoms with Crippen molar-refractivity contribution in [2.75, 3.05) is 11.9 Å². The van der Waals surface area contributed by atoms with E-state index in [4.69, 9.17) is 11.6 Å². The van der Waals surface area contributed by atoms with Gasteiger partial charge >= 0.3 is 0 Å². The lowest BCUT2D eigenvalue weighted by Crippen LogP contribution is -2.31. The molecule has 2 amide bonds. The Morgan fingerprint density at radius 2 is 1.26 bits per heavy atom. The second-order valence-corrected chi connectivity index (χ2v) is 8.90. The van der Waals surface area contributed by atoms with Gasteiger partial charge in [-0.3, -0.25) is 9.59 Å². The lowest BCUT2D eigenvalue weighted by Gasteiger charge is -2.24. The summed E-state index contributed by atoms with van der Waals surface area (Å²) in [5.41, 5.74) is 4.24. The van der Waals surface area contributed by atoms with Gasteiger partial charge in [-0.05, 0) is 53.1 Å². The zero-order valence-electron chi connectivity index (χ0n) is 19.6. The second kappa shape index (κ2) is 11.5. The number of anilines is 1. The first-order valence-electron chi connectivity index (χ1n) is 11.5. The molecule has 0 saturated carbocycles. The Balaban J connectivity index is 1.56. The van der Waals surface area contributed by atoms with E-state index < -0.39 is 0 Å². The third-order valence-electron chi connectivity index (χ3n) is 5.79. The topological polar surface area (TPSA) is 40.6 Å². The van der Waals surface area contributed by atoms with Gasteiger partial charge in [-0.1, -0.05) is 84.4 Å². The van der Waals surface area contributed by atoms with Crippen LogP contribution < -0.4 is 4.90 Å². The van der Waals surface area contributed by atoms with E-state index in [0.29, 0.717) is 23.7 Å². The Hall–Kier alpha value is -3.89. The Kier molecular flexibility index (Phi) is 7.96. The molecule has 35 heavy (non-hydrogen) atoms. The van der Waals surface area contributed by atoms with Crippen molar-refractivity contribution in [2.24, 2.45) is 0 Å². The Labute approximate surface area is 211 Å². The molecule has 0 atom stereocenters. The van der Waals surface area contributed by atoms with E-state index in [0.717, 1.165) is 22.4 Å². The molecule has 4 rings (SSSR count). The summed E-state index contributed by atoms with van der Waals surface area (Å²) in [5, 5.41) is 0.580. The number of amides is 2. The summed E-state index contributed by atoms with van der Waals surface area (Å²) < 4.78 is 0. The summed E-state index contributed by atoms with van der Waals surface area (Å²) in [5.74, 6) is -0.111. The molecule has 0 bridgehead atoms. The van der Waals surface area contributed by atoms with Crippen LogP contribution in [-0.2, 0) is 24.3 Å². The minimum atomic E-state index is -0.129. The molecular formula is C30H27ClN2O2. The highest BCUT2D eigenvalue weighted by atomic mass is 35.5. The molecule has 0 aliphatic heterocycles. The Bertz CT molecular complexity index is 1270. The third-order valence-corrected chi connectivity index (χ3v) is 6.04. The highest BCUT2D eigenvalue weighted by molar-refractivity contribution is 6.30. The molecule has 0 spiro atoms. The van der Waals surface area contributed by atoms with Gasteiger partial charge < -0.3 is 9.80 Å². The van der Waals surface area contributed by atoms with Crippen LogP contribution in [0.25, 0.3) is 0 Å². The Morgan fingerprint density at radius 1 is 0.686 bits per heavy atom. The first-order valence-corrected chi connectivity index (χ1v) is 11.9. The van der Waals surface area contributed by atoms with Crippen molar-refractivity contribution in [3.8, 4) is 0 Å². The number of carbonyl (C=O) groups excluding carboxylic acids is 2. The molecule has 176 valence electrons. The maximum Gasteiger partial charge on any atom is 0.258 e. The highest BCUT2D eigenvalue weighted by Gasteiger charge is 2.19. The van der Waals surface area contributed by atoms with Crippen molar-refractivity contribution in [2.45, 2.75) is 19.5 Å². The average molecular weight is 483 g/mol. The fraction of sp³-hybridized carbons (Fsp3) is 0.133. The van der Waals surface area contributed by atoms with Crippen LogP contribution in [0, 0.1) is 0 Å². The van der Waals surface area contributed by atoms with E-state index in [1.54, 1.807) is 34.1 Å². The average Bonchev–Trinajstić information content (AvgIpc) is 2.88. The standard InChI is InChI=1S/C30H27ClN2O2/c1-32(21-23-9-4-2-5-10-23)29(34)20-25-13-8-14-28(19-25)33(22-24-11-6-3-7-12-24)30(35)26-15-17-27(31)18-16-26/h2-19H,20-22H2,1H3. The van der Waals surface area contributed by atoms with E-state index in [1.807, 2.05) is 92.0 Å². The first-order chi connectivity index (χ1) is 17.0. The van der Waals surface area contributed by atoms with Gasteiger partial charge in [0.2, 0.25) is 5.91 Å². The molecule has 0 saturated heterocycles. The predicted octanol–water partition coefficient (Wildman–Crippen LogP) is 6.39. The van der Waals surface area contributed by atoms with Gasteiger partial charge in [0.25, 0.3) is 5.91 Å². The fourth-order valence-electron chi connectivity index (χ4n) is 3.88. The largest absolute Gasteiger partial charge is 0.341 e. The van der Waals surface area contributed by atoms with E-state index in [9.17, 15) is 9.59 Å². The van der Waals surface area contributed by atoms with E-state index in [2.05, 4.69) is 0 Å². The predicted molar refractivity (Wildman–Crippen MR) is 141 cm³/mol. The SMILES string of the molecule is CN(Cc1ccccc1)C(=O)Cc1cccc(N(Cc2ccccc2)C(=O)c2ccc(Cl)cc2)c1. The summed E-state index contributed by atoms with van der Waals surface area (Å²) in [7, 11) is 1.81. The molecule has 0 aromatic heterocycles. The number of likely N-dealkylation sites (N-methyl/N-ethyl adjacent to an activating group) is 1. The zero-order chi connectivity index (χ0) is 24.6. The van der Waals surface area contributed by atoms with Gasteiger partial charge in [0.15, 0.2) is 0 Å². The zero-order valence-corrected chi connectivity index (χ0v) is 20.4. The summed E-state index contributed by atoms with van der Waals surface area (Å²) in [6.07, 6.45) is 0.255. The monoisotopic (exact) mass is 482 g/mol. The molecular weight excluding hydrogens is 456 g/mol. The maximum absolute atomic E-state index is 13.5. The van der Waals surface area contributed by atoms with Gasteiger partial charge in [0.1, 0.15) is 0 Å². The summed E-state index contributed by atoms with van der Waals surface area (Å²) in [6, 6.07) is 34.3. The van der Waals surface area contributed by atoms with Crippen LogP contribution in [0.3, 0.4) is 0 Å². The van der Waals surface area contributed by atoms with Crippen LogP contribution in [0.15, 0.2) is 109 Å². The van der Waals surface area contributed by atoms with E-state index in [1.165, 1.54) is 0 Å². The minimum absolute atomic E-state index is 0.0182. The van der Waals surface area contributed by atoms with Gasteiger partial charge in [-0.25, -0.2) is 0 Å². The van der Waals surface area contributed by atoms with Gasteiger partial charge in [-0.15, -0.1) is 0 Å². The number of benzene rings is 4. The molecule has 0 fully saturated rings. The highest BCUT2D eigenvalue weighted by Crippen LogP contribution is 2.23. The number of halogens is 1. The molecule has 0 N–H and O–H groups in total. The van der Waals surface area contributed by atoms with Crippen LogP contribution in [-0.4, -0.2) is 23.8 Å². The number of carbonyl (C=O) groups is 2. The van der Waals surface area contributed by atoms with Crippen molar-refractivity contribution in [1.82, 2.24) is 4.90 Å². The normalized spacial score (nSPS) is 10.6. The van der Waals surface area contributed by atoms with Crippen molar-refractivity contribution in [3.63, 3.8) is 0 Å². The second-order valence-electron chi connectivity index (χ2n) is 8.47. The first kappa shape index (κ1) is 24.2. The Morgan fingerprint density at radius 3 is 1.89 bits per heavy atom. The van der Waals surface area contributed by atoms with Gasteiger partial charge in [0.05, 0.1) is 13.0 Å². The molecule has 0 aliphatic carbocycles. The molecule has 0 aliphatic rings. The quantitative estimate of drug-likeness (QED) is 0.292. The van der Waals surface area contributed by atoms with Crippen molar-refractivity contribution in [3.05, 3.63) is 136 Å². The lowest BCUT2D eigenvalue weighted by atomic mass is 10.1. The molecule has 0 heterocycles. The number of rotatable bonds is 8. The van der Waals surface area contributed by atoms with Crippen LogP contribution in [0.2, 0.25) is 5.02 Å². The maximum atomic E-state index is 13.5.